The van der Waals surface area contributed by atoms with E-state index >= 15 is 8.78 Å². The standard InChI is InChI=1S/C45H41ClF10N7O12PS2/c1-42(2,77(3,70)71)12-11-25-7-8-26(27-9-10-30(46)37-32(59-63(39(27)37)20-43(49,50)51)19-78(72,73)61-33(64)5-4-6-35(66)74-21-75-76(67,68)69)38(57-25)31(15-22-13-23(47)16-24(48)14-22)58-34(65)18-62-41-36(40(60-62)45(54,55)56)28-17-29(28)44(41,52)53/h7-10,13-14,16,28-29,31H,4-6,15,17-21H2,1-3H3,(H,58,65)(H,61,64)(H2,67,68,69)/t28-,29+,31-/m0/s1. The highest BCUT2D eigenvalue weighted by atomic mass is 35.5. The predicted octanol–water partition coefficient (Wildman–Crippen LogP) is 7.02. The van der Waals surface area contributed by atoms with Crippen LogP contribution in [0.15, 0.2) is 42.5 Å². The first-order chi connectivity index (χ1) is 35.8. The number of carbonyl (C=O) groups is 3. The van der Waals surface area contributed by atoms with Crippen LogP contribution in [-0.4, -0.2) is 92.9 Å². The normalized spacial score (nSPS) is 16.7. The molecule has 4 N–H and O–H groups in total. The number of benzene rings is 2. The Morgan fingerprint density at radius 1 is 0.949 bits per heavy atom. The number of carbonyl (C=O) groups excluding carboxylic acids is 3. The first kappa shape index (κ1) is 59.5. The Morgan fingerprint density at radius 3 is 2.22 bits per heavy atom. The summed E-state index contributed by atoms with van der Waals surface area (Å²) in [6.07, 6.45) is -12.2. The highest BCUT2D eigenvalue weighted by Gasteiger charge is 2.68. The van der Waals surface area contributed by atoms with Gasteiger partial charge in [-0.15, -0.1) is 0 Å². The molecule has 7 rings (SSSR count). The number of phosphoric acid groups is 1. The summed E-state index contributed by atoms with van der Waals surface area (Å²) in [4.78, 5) is 60.6. The fraction of sp³-hybridized carbons (Fsp3) is 0.422. The molecule has 2 aliphatic carbocycles. The van der Waals surface area contributed by atoms with E-state index in [1.807, 2.05) is 0 Å². The number of halogens is 11. The number of pyridine rings is 1. The van der Waals surface area contributed by atoms with Gasteiger partial charge in [-0.3, -0.25) is 28.5 Å². The zero-order valence-electron chi connectivity index (χ0n) is 40.3. The molecule has 1 saturated carbocycles. The fourth-order valence-corrected chi connectivity index (χ4v) is 10.3. The van der Waals surface area contributed by atoms with Crippen LogP contribution in [-0.2, 0) is 85.4 Å². The Hall–Kier alpha value is -6.16. The number of sulfone groups is 1. The number of sulfonamides is 1. The Bertz CT molecular complexity index is 3580. The fourth-order valence-electron chi connectivity index (χ4n) is 8.52. The minimum Gasteiger partial charge on any atom is -0.438 e. The highest BCUT2D eigenvalue weighted by molar-refractivity contribution is 7.92. The van der Waals surface area contributed by atoms with Gasteiger partial charge >= 0.3 is 26.1 Å². The van der Waals surface area contributed by atoms with Crippen molar-refractivity contribution in [3.8, 4) is 23.0 Å². The molecule has 0 bridgehead atoms. The molecule has 78 heavy (non-hydrogen) atoms. The van der Waals surface area contributed by atoms with Crippen LogP contribution < -0.4 is 10.0 Å². The number of hydrogen-bond acceptors (Lipinski definition) is 13. The number of aromatic nitrogens is 5. The number of fused-ring (bicyclic) bond motifs is 4. The summed E-state index contributed by atoms with van der Waals surface area (Å²) in [6.45, 7) is -2.00. The maximum Gasteiger partial charge on any atom is 0.472 e. The number of amides is 2. The van der Waals surface area contributed by atoms with Crippen LogP contribution in [0.5, 0.6) is 0 Å². The van der Waals surface area contributed by atoms with E-state index in [0.29, 0.717) is 6.07 Å². The molecule has 19 nitrogen and oxygen atoms in total. The Kier molecular flexibility index (Phi) is 16.4. The van der Waals surface area contributed by atoms with Gasteiger partial charge in [-0.25, -0.2) is 39.7 Å². The molecule has 0 aliphatic heterocycles. The third-order valence-electron chi connectivity index (χ3n) is 12.2. The second-order valence-corrected chi connectivity index (χ2v) is 24.5. The number of rotatable bonds is 19. The van der Waals surface area contributed by atoms with E-state index in [4.69, 9.17) is 21.4 Å². The molecule has 0 unspecified atom stereocenters. The minimum absolute atomic E-state index is 0.173. The third kappa shape index (κ3) is 13.8. The van der Waals surface area contributed by atoms with Gasteiger partial charge in [0.2, 0.25) is 28.6 Å². The third-order valence-corrected chi connectivity index (χ3v) is 16.1. The van der Waals surface area contributed by atoms with Crippen molar-refractivity contribution in [2.24, 2.45) is 5.92 Å². The highest BCUT2D eigenvalue weighted by Crippen LogP contribution is 2.68. The average Bonchev–Trinajstić information content (AvgIpc) is 3.80. The lowest BCUT2D eigenvalue weighted by atomic mass is 9.93. The smallest absolute Gasteiger partial charge is 0.438 e. The van der Waals surface area contributed by atoms with Crippen molar-refractivity contribution in [3.63, 3.8) is 0 Å². The number of nitrogens with zero attached hydrogens (tertiary/aromatic N) is 5. The van der Waals surface area contributed by atoms with Crippen molar-refractivity contribution in [1.29, 1.82) is 0 Å². The molecule has 5 aromatic rings. The van der Waals surface area contributed by atoms with Gasteiger partial charge in [-0.1, -0.05) is 23.6 Å². The summed E-state index contributed by atoms with van der Waals surface area (Å²) in [5.74, 6) is -8.91. The van der Waals surface area contributed by atoms with Crippen molar-refractivity contribution in [2.45, 2.75) is 99.8 Å². The number of nitrogens with one attached hydrogen (secondary N) is 2. The van der Waals surface area contributed by atoms with Gasteiger partial charge in [0, 0.05) is 53.2 Å². The van der Waals surface area contributed by atoms with Crippen LogP contribution in [0.1, 0.15) is 91.1 Å². The molecule has 0 saturated heterocycles. The molecule has 3 atom stereocenters. The lowest BCUT2D eigenvalue weighted by molar-refractivity contribution is -0.151. The predicted molar refractivity (Wildman–Crippen MR) is 251 cm³/mol. The molecule has 2 aliphatic rings. The average molecular weight is 1190 g/mol. The van der Waals surface area contributed by atoms with E-state index in [1.165, 1.54) is 13.8 Å². The zero-order valence-corrected chi connectivity index (χ0v) is 43.6. The summed E-state index contributed by atoms with van der Waals surface area (Å²) in [5.41, 5.74) is -6.64. The van der Waals surface area contributed by atoms with E-state index < -0.39 is 187 Å². The minimum atomic E-state index is -5.24. The molecule has 422 valence electrons. The summed E-state index contributed by atoms with van der Waals surface area (Å²) in [5, 5.41) is 8.77. The van der Waals surface area contributed by atoms with Crippen LogP contribution >= 0.6 is 19.4 Å². The van der Waals surface area contributed by atoms with Gasteiger partial charge in [0.1, 0.15) is 46.6 Å². The number of phosphoric ester groups is 1. The first-order valence-corrected chi connectivity index (χ1v) is 28.0. The quantitative estimate of drug-likeness (QED) is 0.0213. The molecular formula is C45H41ClF10N7O12PS2. The Balaban J connectivity index is 1.34. The summed E-state index contributed by atoms with van der Waals surface area (Å²) in [7, 11) is -13.9. The van der Waals surface area contributed by atoms with Crippen LogP contribution in [0, 0.1) is 29.4 Å². The molecule has 0 radical (unpaired) electrons. The maximum absolute atomic E-state index is 15.6. The molecule has 3 heterocycles. The van der Waals surface area contributed by atoms with Crippen molar-refractivity contribution in [1.82, 2.24) is 34.6 Å². The second-order valence-electron chi connectivity index (χ2n) is 18.5. The zero-order chi connectivity index (χ0) is 57.9. The lowest BCUT2D eigenvalue weighted by Crippen LogP contribution is -2.35. The summed E-state index contributed by atoms with van der Waals surface area (Å²) < 4.78 is 219. The Labute approximate surface area is 440 Å². The molecule has 2 aromatic carbocycles. The van der Waals surface area contributed by atoms with Crippen LogP contribution in [0.25, 0.3) is 22.0 Å². The largest absolute Gasteiger partial charge is 0.472 e. The van der Waals surface area contributed by atoms with Crippen LogP contribution in [0.2, 0.25) is 5.02 Å². The molecule has 1 fully saturated rings. The molecule has 2 amide bonds. The lowest BCUT2D eigenvalue weighted by Gasteiger charge is -2.23. The summed E-state index contributed by atoms with van der Waals surface area (Å²) >= 11 is 6.58. The van der Waals surface area contributed by atoms with Crippen LogP contribution in [0.4, 0.5) is 43.9 Å². The molecule has 3 aromatic heterocycles. The Morgan fingerprint density at radius 2 is 1.60 bits per heavy atom. The number of ether oxygens (including phenoxy) is 1. The van der Waals surface area contributed by atoms with E-state index in [-0.39, 0.29) is 44.6 Å². The van der Waals surface area contributed by atoms with Crippen molar-refractivity contribution in [3.05, 3.63) is 98.7 Å². The van der Waals surface area contributed by atoms with Gasteiger partial charge in [0.05, 0.1) is 28.0 Å². The van der Waals surface area contributed by atoms with E-state index in [9.17, 15) is 70.9 Å². The number of alkyl halides is 8. The van der Waals surface area contributed by atoms with Crippen molar-refractivity contribution < 1.29 is 98.7 Å². The first-order valence-electron chi connectivity index (χ1n) is 22.5. The van der Waals surface area contributed by atoms with Gasteiger partial charge in [-0.05, 0) is 80.8 Å². The topological polar surface area (TPSA) is 268 Å². The van der Waals surface area contributed by atoms with Gasteiger partial charge in [0.25, 0.3) is 5.92 Å². The van der Waals surface area contributed by atoms with Crippen molar-refractivity contribution >= 4 is 68.0 Å². The molecular weight excluding hydrogens is 1150 g/mol. The number of hydrogen-bond donors (Lipinski definition) is 4. The summed E-state index contributed by atoms with van der Waals surface area (Å²) in [6, 6.07) is 4.67. The van der Waals surface area contributed by atoms with E-state index in [1.54, 1.807) is 4.72 Å². The molecule has 0 spiro atoms. The van der Waals surface area contributed by atoms with Crippen molar-refractivity contribution in [2.75, 3.05) is 13.0 Å². The SMILES string of the molecule is CC(C)(C#Cc1ccc(-c2ccc(Cl)c3c(CS(=O)(=O)NC(=O)CCCC(=O)OCOP(=O)(O)O)nn(CC(F)(F)F)c23)c([C@H](Cc2cc(F)cc(F)c2)NC(=O)Cn2nc(C(F)(F)F)c3c2C(F)(F)[C@@H]2C[C@H]32)n1)S(C)(=O)=O. The second kappa shape index (κ2) is 21.5. The van der Waals surface area contributed by atoms with Gasteiger partial charge in [0.15, 0.2) is 15.5 Å². The monoisotopic (exact) mass is 1190 g/mol. The van der Waals surface area contributed by atoms with Gasteiger partial charge in [-0.2, -0.15) is 45.3 Å². The molecule has 33 heteroatoms. The maximum atomic E-state index is 15.6. The van der Waals surface area contributed by atoms with Gasteiger partial charge < -0.3 is 19.8 Å². The van der Waals surface area contributed by atoms with Crippen LogP contribution in [0.3, 0.4) is 0 Å². The number of esters is 1. The van der Waals surface area contributed by atoms with E-state index in [0.717, 1.165) is 42.7 Å². The van der Waals surface area contributed by atoms with E-state index in [2.05, 4.69) is 41.6 Å².